The first-order valence-electron chi connectivity index (χ1n) is 8.24. The Labute approximate surface area is 175 Å². The second kappa shape index (κ2) is 8.54. The molecule has 1 aliphatic rings. The normalized spacial score (nSPS) is 16.7. The third-order valence-corrected chi connectivity index (χ3v) is 6.07. The molecule has 27 heavy (non-hydrogen) atoms. The van der Waals surface area contributed by atoms with Crippen molar-refractivity contribution in [3.05, 3.63) is 51.5 Å². The molecule has 2 amide bonds. The standard InChI is InChI=1S/C19H17BrClNO4S/c1-3-26-16-10-14(20)11(8-15(16)25-2)9-17-18(23)22(19(24)27-17)13-6-4-12(21)5-7-13/h4-8,10,17H,3,9H2,1-2H3/t17-/m1/s1. The summed E-state index contributed by atoms with van der Waals surface area (Å²) < 4.78 is 11.7. The van der Waals surface area contributed by atoms with Crippen molar-refractivity contribution in [3.8, 4) is 11.5 Å². The minimum atomic E-state index is -0.507. The molecule has 3 rings (SSSR count). The van der Waals surface area contributed by atoms with E-state index < -0.39 is 5.25 Å². The Morgan fingerprint density at radius 2 is 1.89 bits per heavy atom. The van der Waals surface area contributed by atoms with Crippen molar-refractivity contribution in [3.63, 3.8) is 0 Å². The lowest BCUT2D eigenvalue weighted by Crippen LogP contribution is -2.32. The van der Waals surface area contributed by atoms with E-state index in [1.165, 1.54) is 4.90 Å². The Kier molecular flexibility index (Phi) is 6.34. The molecule has 0 unspecified atom stereocenters. The highest BCUT2D eigenvalue weighted by molar-refractivity contribution is 9.10. The van der Waals surface area contributed by atoms with Crippen LogP contribution in [0.15, 0.2) is 40.9 Å². The van der Waals surface area contributed by atoms with Gasteiger partial charge >= 0.3 is 0 Å². The maximum atomic E-state index is 12.8. The molecule has 0 N–H and O–H groups in total. The highest BCUT2D eigenvalue weighted by atomic mass is 79.9. The van der Waals surface area contributed by atoms with E-state index in [0.717, 1.165) is 21.8 Å². The molecule has 2 aromatic rings. The molecular formula is C19H17BrClNO4S. The van der Waals surface area contributed by atoms with Crippen LogP contribution in [0.5, 0.6) is 11.5 Å². The van der Waals surface area contributed by atoms with Gasteiger partial charge in [0, 0.05) is 9.50 Å². The molecule has 1 atom stereocenters. The fourth-order valence-corrected chi connectivity index (χ4v) is 4.40. The van der Waals surface area contributed by atoms with Crippen LogP contribution in [0.3, 0.4) is 0 Å². The number of ether oxygens (including phenoxy) is 2. The monoisotopic (exact) mass is 469 g/mol. The highest BCUT2D eigenvalue weighted by Crippen LogP contribution is 2.38. The summed E-state index contributed by atoms with van der Waals surface area (Å²) in [6, 6.07) is 10.3. The zero-order valence-corrected chi connectivity index (χ0v) is 17.9. The predicted octanol–water partition coefficient (Wildman–Crippen LogP) is 5.32. The van der Waals surface area contributed by atoms with Gasteiger partial charge in [0.05, 0.1) is 24.7 Å². The molecule has 1 saturated heterocycles. The molecule has 0 spiro atoms. The van der Waals surface area contributed by atoms with Gasteiger partial charge in [0.2, 0.25) is 5.91 Å². The summed E-state index contributed by atoms with van der Waals surface area (Å²) in [6.07, 6.45) is 0.392. The van der Waals surface area contributed by atoms with Crippen LogP contribution in [0.2, 0.25) is 5.02 Å². The van der Waals surface area contributed by atoms with Crippen molar-refractivity contribution in [2.45, 2.75) is 18.6 Å². The lowest BCUT2D eigenvalue weighted by molar-refractivity contribution is -0.117. The summed E-state index contributed by atoms with van der Waals surface area (Å²) in [6.45, 7) is 2.41. The molecule has 142 valence electrons. The fraction of sp³-hybridized carbons (Fsp3) is 0.263. The van der Waals surface area contributed by atoms with Crippen molar-refractivity contribution in [2.75, 3.05) is 18.6 Å². The smallest absolute Gasteiger partial charge is 0.293 e. The van der Waals surface area contributed by atoms with Gasteiger partial charge in [-0.2, -0.15) is 0 Å². The van der Waals surface area contributed by atoms with Crippen LogP contribution >= 0.6 is 39.3 Å². The highest BCUT2D eigenvalue weighted by Gasteiger charge is 2.40. The van der Waals surface area contributed by atoms with Crippen molar-refractivity contribution in [2.24, 2.45) is 0 Å². The number of halogens is 2. The van der Waals surface area contributed by atoms with E-state index in [9.17, 15) is 9.59 Å². The maximum absolute atomic E-state index is 12.8. The Balaban J connectivity index is 1.83. The van der Waals surface area contributed by atoms with Crippen molar-refractivity contribution < 1.29 is 19.1 Å². The third-order valence-electron chi connectivity index (χ3n) is 4.04. The van der Waals surface area contributed by atoms with Gasteiger partial charge in [-0.15, -0.1) is 0 Å². The first-order valence-corrected chi connectivity index (χ1v) is 10.3. The SMILES string of the molecule is CCOc1cc(Br)c(C[C@H]2SC(=O)N(c3ccc(Cl)cc3)C2=O)cc1OC. The van der Waals surface area contributed by atoms with Crippen LogP contribution in [0, 0.1) is 0 Å². The van der Waals surface area contributed by atoms with E-state index in [-0.39, 0.29) is 11.1 Å². The molecule has 0 bridgehead atoms. The molecule has 5 nitrogen and oxygen atoms in total. The van der Waals surface area contributed by atoms with Gasteiger partial charge in [-0.3, -0.25) is 9.59 Å². The van der Waals surface area contributed by atoms with E-state index in [2.05, 4.69) is 15.9 Å². The summed E-state index contributed by atoms with van der Waals surface area (Å²) in [5, 5.41) is -0.249. The fourth-order valence-electron chi connectivity index (χ4n) is 2.77. The molecule has 8 heteroatoms. The lowest BCUT2D eigenvalue weighted by atomic mass is 10.1. The third kappa shape index (κ3) is 4.25. The summed E-state index contributed by atoms with van der Waals surface area (Å²) in [7, 11) is 1.57. The second-order valence-electron chi connectivity index (χ2n) is 5.75. The Morgan fingerprint density at radius 1 is 1.19 bits per heavy atom. The van der Waals surface area contributed by atoms with E-state index in [0.29, 0.717) is 35.2 Å². The Bertz CT molecular complexity index is 875. The van der Waals surface area contributed by atoms with Gasteiger partial charge in [0.1, 0.15) is 0 Å². The van der Waals surface area contributed by atoms with Gasteiger partial charge in [-0.1, -0.05) is 39.3 Å². The number of carbonyl (C=O) groups excluding carboxylic acids is 2. The summed E-state index contributed by atoms with van der Waals surface area (Å²) in [5.74, 6) is 0.971. The zero-order chi connectivity index (χ0) is 19.6. The van der Waals surface area contributed by atoms with E-state index in [1.54, 1.807) is 31.4 Å². The van der Waals surface area contributed by atoms with Crippen molar-refractivity contribution in [1.82, 2.24) is 0 Å². The summed E-state index contributed by atoms with van der Waals surface area (Å²) in [5.41, 5.74) is 1.39. The zero-order valence-electron chi connectivity index (χ0n) is 14.7. The maximum Gasteiger partial charge on any atom is 0.293 e. The molecule has 2 aromatic carbocycles. The van der Waals surface area contributed by atoms with E-state index >= 15 is 0 Å². The van der Waals surface area contributed by atoms with Crippen molar-refractivity contribution in [1.29, 1.82) is 0 Å². The number of hydrogen-bond donors (Lipinski definition) is 0. The molecule has 1 heterocycles. The Morgan fingerprint density at radius 3 is 2.52 bits per heavy atom. The van der Waals surface area contributed by atoms with Crippen LogP contribution in [-0.2, 0) is 11.2 Å². The second-order valence-corrected chi connectivity index (χ2v) is 8.20. The number of thioether (sulfide) groups is 1. The van der Waals surface area contributed by atoms with Crippen LogP contribution in [0.1, 0.15) is 12.5 Å². The number of nitrogens with zero attached hydrogens (tertiary/aromatic N) is 1. The molecule has 0 aromatic heterocycles. The van der Waals surface area contributed by atoms with Crippen LogP contribution in [0.4, 0.5) is 10.5 Å². The topological polar surface area (TPSA) is 55.8 Å². The van der Waals surface area contributed by atoms with E-state index in [1.807, 2.05) is 19.1 Å². The first-order chi connectivity index (χ1) is 12.9. The molecule has 0 aliphatic carbocycles. The minimum Gasteiger partial charge on any atom is -0.493 e. The van der Waals surface area contributed by atoms with Gasteiger partial charge in [-0.25, -0.2) is 4.90 Å². The molecular weight excluding hydrogens is 454 g/mol. The minimum absolute atomic E-state index is 0.243. The van der Waals surface area contributed by atoms with Crippen LogP contribution in [0.25, 0.3) is 0 Å². The van der Waals surface area contributed by atoms with Crippen molar-refractivity contribution >= 4 is 56.1 Å². The summed E-state index contributed by atoms with van der Waals surface area (Å²) >= 11 is 10.4. The number of amides is 2. The molecule has 0 radical (unpaired) electrons. The molecule has 1 fully saturated rings. The molecule has 0 saturated carbocycles. The number of rotatable bonds is 6. The number of methoxy groups -OCH3 is 1. The number of hydrogen-bond acceptors (Lipinski definition) is 5. The van der Waals surface area contributed by atoms with Gasteiger partial charge < -0.3 is 9.47 Å². The number of imide groups is 1. The quantitative estimate of drug-likeness (QED) is 0.572. The average molecular weight is 471 g/mol. The predicted molar refractivity (Wildman–Crippen MR) is 111 cm³/mol. The number of benzene rings is 2. The van der Waals surface area contributed by atoms with E-state index in [4.69, 9.17) is 21.1 Å². The van der Waals surface area contributed by atoms with Crippen LogP contribution < -0.4 is 14.4 Å². The van der Waals surface area contributed by atoms with Gasteiger partial charge in [0.15, 0.2) is 11.5 Å². The first kappa shape index (κ1) is 20.0. The molecule has 1 aliphatic heterocycles. The van der Waals surface area contributed by atoms with Gasteiger partial charge in [0.25, 0.3) is 5.24 Å². The lowest BCUT2D eigenvalue weighted by Gasteiger charge is -2.16. The number of carbonyl (C=O) groups is 2. The van der Waals surface area contributed by atoms with Crippen LogP contribution in [-0.4, -0.2) is 30.1 Å². The largest absolute Gasteiger partial charge is 0.493 e. The number of anilines is 1. The Hall–Kier alpha value is -1.70. The van der Waals surface area contributed by atoms with Gasteiger partial charge in [-0.05, 0) is 55.3 Å². The summed E-state index contributed by atoms with van der Waals surface area (Å²) in [4.78, 5) is 26.4. The average Bonchev–Trinajstić information content (AvgIpc) is 2.92.